The van der Waals surface area contributed by atoms with Crippen LogP contribution in [0.25, 0.3) is 9.75 Å². The van der Waals surface area contributed by atoms with Gasteiger partial charge in [0.15, 0.2) is 0 Å². The standard InChI is InChI=1S/C16H9F6IO3S3/c17-15(18,19)10-3-5-11(6-4-10)23(26-29(24,25)16(20,21)22)14-8-7-13(28-14)12-2-1-9-27-12/h1-9H. The summed E-state index contributed by atoms with van der Waals surface area (Å²) >= 11 is -1.27. The zero-order valence-electron chi connectivity index (χ0n) is 13.8. The molecule has 0 atom stereocenters. The molecule has 0 aliphatic rings. The van der Waals surface area contributed by atoms with Gasteiger partial charge in [0.2, 0.25) is 0 Å². The summed E-state index contributed by atoms with van der Waals surface area (Å²) in [6, 6.07) is 9.93. The quantitative estimate of drug-likeness (QED) is 0.187. The molecular formula is C16H9F6IO3S3. The molecule has 0 radical (unpaired) electrons. The van der Waals surface area contributed by atoms with Crippen LogP contribution in [-0.4, -0.2) is 13.9 Å². The van der Waals surface area contributed by atoms with Crippen molar-refractivity contribution < 1.29 is 37.3 Å². The normalized spacial score (nSPS) is 13.5. The summed E-state index contributed by atoms with van der Waals surface area (Å²) in [5.41, 5.74) is -6.64. The van der Waals surface area contributed by atoms with E-state index in [1.807, 2.05) is 0 Å². The Morgan fingerprint density at radius 1 is 0.862 bits per heavy atom. The molecule has 29 heavy (non-hydrogen) atoms. The number of hydrogen-bond acceptors (Lipinski definition) is 5. The van der Waals surface area contributed by atoms with Gasteiger partial charge in [-0.3, -0.25) is 0 Å². The molecular weight excluding hydrogens is 577 g/mol. The van der Waals surface area contributed by atoms with Crippen LogP contribution in [-0.2, 0) is 18.8 Å². The first-order valence-electron chi connectivity index (χ1n) is 7.41. The van der Waals surface area contributed by atoms with Crippen LogP contribution in [0.1, 0.15) is 5.56 Å². The van der Waals surface area contributed by atoms with E-state index in [1.165, 1.54) is 17.4 Å². The van der Waals surface area contributed by atoms with Gasteiger partial charge < -0.3 is 0 Å². The molecule has 0 N–H and O–H groups in total. The summed E-state index contributed by atoms with van der Waals surface area (Å²) in [7, 11) is -5.92. The summed E-state index contributed by atoms with van der Waals surface area (Å²) < 4.78 is 105. The maximum atomic E-state index is 12.8. The van der Waals surface area contributed by atoms with E-state index >= 15 is 0 Å². The Kier molecular flexibility index (Phi) is 6.34. The predicted molar refractivity (Wildman–Crippen MR) is 107 cm³/mol. The minimum atomic E-state index is -5.92. The Bertz CT molecular complexity index is 1070. The average molecular weight is 586 g/mol. The third kappa shape index (κ3) is 5.13. The fraction of sp³-hybridized carbons (Fsp3) is 0.125. The van der Waals surface area contributed by atoms with Crippen molar-refractivity contribution in [1.29, 1.82) is 0 Å². The van der Waals surface area contributed by atoms with E-state index in [-0.39, 0.29) is 6.45 Å². The van der Waals surface area contributed by atoms with Crippen LogP contribution in [0, 0.1) is 6.45 Å². The van der Waals surface area contributed by atoms with Gasteiger partial charge in [0.25, 0.3) is 0 Å². The number of hydrogen-bond donors (Lipinski definition) is 0. The topological polar surface area (TPSA) is 43.4 Å². The molecule has 2 aromatic heterocycles. The molecule has 158 valence electrons. The predicted octanol–water partition coefficient (Wildman–Crippen LogP) is 6.82. The molecule has 1 aromatic carbocycles. The fourth-order valence-corrected chi connectivity index (χ4v) is 11.8. The van der Waals surface area contributed by atoms with Crippen molar-refractivity contribution in [3.05, 3.63) is 65.9 Å². The van der Waals surface area contributed by atoms with E-state index in [0.29, 0.717) is 17.0 Å². The first kappa shape index (κ1) is 22.5. The van der Waals surface area contributed by atoms with Crippen molar-refractivity contribution in [2.45, 2.75) is 11.7 Å². The number of halogens is 7. The van der Waals surface area contributed by atoms with Crippen molar-refractivity contribution in [3.63, 3.8) is 0 Å². The summed E-state index contributed by atoms with van der Waals surface area (Å²) in [5, 5.41) is 1.80. The second-order valence-corrected chi connectivity index (χ2v) is 14.5. The van der Waals surface area contributed by atoms with Gasteiger partial charge in [-0.2, -0.15) is 0 Å². The van der Waals surface area contributed by atoms with Gasteiger partial charge in [-0.05, 0) is 0 Å². The Balaban J connectivity index is 2.03. The summed E-state index contributed by atoms with van der Waals surface area (Å²) in [5.74, 6) is 0. The maximum absolute atomic E-state index is 12.8. The van der Waals surface area contributed by atoms with E-state index in [2.05, 4.69) is 2.51 Å². The van der Waals surface area contributed by atoms with Crippen LogP contribution < -0.4 is 0 Å². The summed E-state index contributed by atoms with van der Waals surface area (Å²) in [6.07, 6.45) is -4.63. The van der Waals surface area contributed by atoms with Crippen LogP contribution in [0.5, 0.6) is 0 Å². The molecule has 3 rings (SSSR count). The molecule has 2 heterocycles. The zero-order chi connectivity index (χ0) is 21.4. The van der Waals surface area contributed by atoms with Gasteiger partial charge in [-0.1, -0.05) is 0 Å². The molecule has 0 saturated carbocycles. The number of alkyl halides is 6. The van der Waals surface area contributed by atoms with Gasteiger partial charge in [-0.25, -0.2) is 0 Å². The van der Waals surface area contributed by atoms with Gasteiger partial charge in [0, 0.05) is 0 Å². The number of rotatable bonds is 5. The van der Waals surface area contributed by atoms with Gasteiger partial charge >= 0.3 is 178 Å². The van der Waals surface area contributed by atoms with E-state index in [9.17, 15) is 34.8 Å². The zero-order valence-corrected chi connectivity index (χ0v) is 18.4. The average Bonchev–Trinajstić information content (AvgIpc) is 3.29. The van der Waals surface area contributed by atoms with Crippen LogP contribution in [0.4, 0.5) is 26.3 Å². The van der Waals surface area contributed by atoms with Crippen molar-refractivity contribution >= 4 is 53.0 Å². The SMILES string of the molecule is O=S(=O)(OI(c1ccc(C(F)(F)F)cc1)c1ccc(-c2cccs2)s1)C(F)(F)F. The molecule has 0 amide bonds. The third-order valence-electron chi connectivity index (χ3n) is 3.31. The van der Waals surface area contributed by atoms with E-state index in [4.69, 9.17) is 0 Å². The first-order valence-corrected chi connectivity index (χ1v) is 13.5. The molecule has 0 bridgehead atoms. The molecule has 13 heteroatoms. The van der Waals surface area contributed by atoms with Crippen LogP contribution in [0.2, 0.25) is 0 Å². The molecule has 0 fully saturated rings. The molecule has 0 saturated heterocycles. The Morgan fingerprint density at radius 3 is 2.03 bits per heavy atom. The monoisotopic (exact) mass is 586 g/mol. The molecule has 3 aromatic rings. The molecule has 3 nitrogen and oxygen atoms in total. The van der Waals surface area contributed by atoms with Gasteiger partial charge in [0.1, 0.15) is 0 Å². The summed E-state index contributed by atoms with van der Waals surface area (Å²) in [4.78, 5) is 1.51. The Morgan fingerprint density at radius 2 is 1.52 bits per heavy atom. The number of thiophene rings is 2. The van der Waals surface area contributed by atoms with Crippen LogP contribution >= 0.6 is 42.9 Å². The first-order chi connectivity index (χ1) is 13.4. The molecule has 0 aliphatic carbocycles. The van der Waals surface area contributed by atoms with Crippen molar-refractivity contribution in [2.75, 3.05) is 0 Å². The van der Waals surface area contributed by atoms with E-state index in [1.54, 1.807) is 23.6 Å². The third-order valence-corrected chi connectivity index (χ3v) is 13.4. The molecule has 0 unspecified atom stereocenters. The number of benzene rings is 1. The van der Waals surface area contributed by atoms with Crippen LogP contribution in [0.3, 0.4) is 0 Å². The van der Waals surface area contributed by atoms with Crippen molar-refractivity contribution in [2.24, 2.45) is 0 Å². The second kappa shape index (κ2) is 8.17. The Hall–Kier alpha value is -1.16. The minimum absolute atomic E-state index is 0.00500. The van der Waals surface area contributed by atoms with E-state index in [0.717, 1.165) is 28.3 Å². The molecule has 0 spiro atoms. The van der Waals surface area contributed by atoms with Gasteiger partial charge in [0.05, 0.1) is 0 Å². The second-order valence-electron chi connectivity index (χ2n) is 5.30. The molecule has 0 aliphatic heterocycles. The van der Waals surface area contributed by atoms with Crippen LogP contribution in [0.15, 0.2) is 53.9 Å². The van der Waals surface area contributed by atoms with Crippen molar-refractivity contribution in [1.82, 2.24) is 0 Å². The Labute approximate surface area is 177 Å². The van der Waals surface area contributed by atoms with Gasteiger partial charge in [-0.15, -0.1) is 0 Å². The fourth-order valence-electron chi connectivity index (χ4n) is 2.00. The van der Waals surface area contributed by atoms with Crippen molar-refractivity contribution in [3.8, 4) is 9.75 Å². The summed E-state index contributed by atoms with van der Waals surface area (Å²) in [6.45, 7) is 0. The van der Waals surface area contributed by atoms with E-state index < -0.39 is 47.6 Å².